The number of para-hydroxylation sites is 1. The lowest BCUT2D eigenvalue weighted by atomic mass is 10.1. The fraction of sp³-hybridized carbons (Fsp3) is 0.267. The third kappa shape index (κ3) is 3.68. The van der Waals surface area contributed by atoms with Crippen LogP contribution in [-0.4, -0.2) is 41.7 Å². The summed E-state index contributed by atoms with van der Waals surface area (Å²) in [5.41, 5.74) is 1.05. The minimum absolute atomic E-state index is 0.0584. The molecule has 6 nitrogen and oxygen atoms in total. The van der Waals surface area contributed by atoms with E-state index < -0.39 is 5.97 Å². The number of aromatic carboxylic acids is 1. The van der Waals surface area contributed by atoms with Gasteiger partial charge in [-0.15, -0.1) is 0 Å². The van der Waals surface area contributed by atoms with Crippen molar-refractivity contribution >= 4 is 11.8 Å². The maximum Gasteiger partial charge on any atom is 0.356 e. The van der Waals surface area contributed by atoms with E-state index in [1.807, 2.05) is 36.2 Å². The van der Waals surface area contributed by atoms with Gasteiger partial charge in [0.25, 0.3) is 0 Å². The molecule has 0 radical (unpaired) electrons. The summed E-state index contributed by atoms with van der Waals surface area (Å²) in [4.78, 5) is 20.6. The number of likely N-dealkylation sites (N-methyl/N-ethyl adjacent to an activating group) is 1. The van der Waals surface area contributed by atoms with Gasteiger partial charge in [0.15, 0.2) is 5.69 Å². The van der Waals surface area contributed by atoms with E-state index in [2.05, 4.69) is 9.97 Å². The second-order valence-corrected chi connectivity index (χ2v) is 4.55. The first kappa shape index (κ1) is 14.8. The van der Waals surface area contributed by atoms with Crippen LogP contribution in [0.3, 0.4) is 0 Å². The zero-order chi connectivity index (χ0) is 15.2. The number of benzene rings is 1. The number of carboxylic acid groups (broad SMARTS) is 1. The van der Waals surface area contributed by atoms with Crippen LogP contribution >= 0.6 is 0 Å². The molecule has 6 heteroatoms. The lowest BCUT2D eigenvalue weighted by molar-refractivity contribution is 0.0690. The molecule has 21 heavy (non-hydrogen) atoms. The molecule has 0 bridgehead atoms. The van der Waals surface area contributed by atoms with Gasteiger partial charge in [0.05, 0.1) is 19.5 Å². The van der Waals surface area contributed by atoms with Crippen molar-refractivity contribution in [2.75, 3.05) is 25.6 Å². The van der Waals surface area contributed by atoms with E-state index in [1.54, 1.807) is 7.11 Å². The van der Waals surface area contributed by atoms with Crippen molar-refractivity contribution in [3.05, 3.63) is 47.9 Å². The Labute approximate surface area is 123 Å². The molecule has 0 aliphatic rings. The molecule has 1 heterocycles. The summed E-state index contributed by atoms with van der Waals surface area (Å²) in [5, 5.41) is 8.79. The first-order chi connectivity index (χ1) is 10.1. The largest absolute Gasteiger partial charge is 0.496 e. The fourth-order valence-electron chi connectivity index (χ4n) is 1.94. The Hall–Kier alpha value is -2.63. The molecule has 1 aromatic heterocycles. The number of methoxy groups -OCH3 is 1. The van der Waals surface area contributed by atoms with Crippen LogP contribution in [0.2, 0.25) is 0 Å². The standard InChI is InChI=1S/C15H17N3O3/c1-18(14-10-16-12(9-17-14)15(19)20)8-7-11-5-3-4-6-13(11)21-2/h3-6,9-10H,7-8H2,1-2H3,(H,19,20). The molecular weight excluding hydrogens is 270 g/mol. The first-order valence-electron chi connectivity index (χ1n) is 6.50. The molecule has 0 fully saturated rings. The number of anilines is 1. The van der Waals surface area contributed by atoms with Gasteiger partial charge in [-0.2, -0.15) is 0 Å². The molecule has 0 aliphatic heterocycles. The van der Waals surface area contributed by atoms with Gasteiger partial charge in [0, 0.05) is 13.6 Å². The Bertz CT molecular complexity index is 614. The molecule has 0 spiro atoms. The van der Waals surface area contributed by atoms with Gasteiger partial charge in [-0.1, -0.05) is 18.2 Å². The van der Waals surface area contributed by atoms with Crippen LogP contribution < -0.4 is 9.64 Å². The van der Waals surface area contributed by atoms with E-state index >= 15 is 0 Å². The van der Waals surface area contributed by atoms with Crippen LogP contribution in [0, 0.1) is 0 Å². The van der Waals surface area contributed by atoms with Crippen molar-refractivity contribution in [1.29, 1.82) is 0 Å². The lowest BCUT2D eigenvalue weighted by Crippen LogP contribution is -2.22. The number of hydrogen-bond acceptors (Lipinski definition) is 5. The van der Waals surface area contributed by atoms with Crippen LogP contribution in [0.1, 0.15) is 16.1 Å². The van der Waals surface area contributed by atoms with Gasteiger partial charge in [0.1, 0.15) is 11.6 Å². The first-order valence-corrected chi connectivity index (χ1v) is 6.50. The van der Waals surface area contributed by atoms with Gasteiger partial charge in [-0.3, -0.25) is 0 Å². The Morgan fingerprint density at radius 2 is 2.05 bits per heavy atom. The number of rotatable bonds is 6. The van der Waals surface area contributed by atoms with Crippen molar-refractivity contribution in [3.8, 4) is 5.75 Å². The van der Waals surface area contributed by atoms with Gasteiger partial charge < -0.3 is 14.7 Å². The van der Waals surface area contributed by atoms with Crippen molar-refractivity contribution < 1.29 is 14.6 Å². The van der Waals surface area contributed by atoms with Crippen molar-refractivity contribution in [3.63, 3.8) is 0 Å². The summed E-state index contributed by atoms with van der Waals surface area (Å²) in [6.07, 6.45) is 3.52. The molecule has 1 aromatic carbocycles. The Morgan fingerprint density at radius 3 is 2.67 bits per heavy atom. The average Bonchev–Trinajstić information content (AvgIpc) is 2.52. The molecular formula is C15H17N3O3. The van der Waals surface area contributed by atoms with E-state index in [-0.39, 0.29) is 5.69 Å². The summed E-state index contributed by atoms with van der Waals surface area (Å²) < 4.78 is 5.31. The second kappa shape index (κ2) is 6.69. The van der Waals surface area contributed by atoms with Gasteiger partial charge in [0.2, 0.25) is 0 Å². The normalized spacial score (nSPS) is 10.2. The minimum atomic E-state index is -1.08. The van der Waals surface area contributed by atoms with E-state index in [0.29, 0.717) is 5.82 Å². The SMILES string of the molecule is COc1ccccc1CCN(C)c1cnc(C(=O)O)cn1. The Morgan fingerprint density at radius 1 is 1.29 bits per heavy atom. The zero-order valence-electron chi connectivity index (χ0n) is 12.0. The predicted molar refractivity (Wildman–Crippen MR) is 79.0 cm³/mol. The number of aromatic nitrogens is 2. The van der Waals surface area contributed by atoms with Crippen LogP contribution in [0.5, 0.6) is 5.75 Å². The van der Waals surface area contributed by atoms with Crippen molar-refractivity contribution in [1.82, 2.24) is 9.97 Å². The van der Waals surface area contributed by atoms with E-state index in [9.17, 15) is 4.79 Å². The maximum atomic E-state index is 10.7. The Balaban J connectivity index is 2.01. The minimum Gasteiger partial charge on any atom is -0.496 e. The summed E-state index contributed by atoms with van der Waals surface area (Å²) in [6.45, 7) is 0.724. The molecule has 0 amide bonds. The fourth-order valence-corrected chi connectivity index (χ4v) is 1.94. The number of ether oxygens (including phenoxy) is 1. The summed E-state index contributed by atoms with van der Waals surface area (Å²) >= 11 is 0. The molecule has 110 valence electrons. The molecule has 1 N–H and O–H groups in total. The van der Waals surface area contributed by atoms with Crippen LogP contribution in [-0.2, 0) is 6.42 Å². The monoisotopic (exact) mass is 287 g/mol. The number of hydrogen-bond donors (Lipinski definition) is 1. The summed E-state index contributed by atoms with van der Waals surface area (Å²) in [7, 11) is 3.54. The number of carbonyl (C=O) groups is 1. The lowest BCUT2D eigenvalue weighted by Gasteiger charge is -2.18. The number of carboxylic acids is 1. The highest BCUT2D eigenvalue weighted by Crippen LogP contribution is 2.18. The zero-order valence-corrected chi connectivity index (χ0v) is 12.0. The van der Waals surface area contributed by atoms with Crippen molar-refractivity contribution in [2.45, 2.75) is 6.42 Å². The highest BCUT2D eigenvalue weighted by molar-refractivity contribution is 5.84. The van der Waals surface area contributed by atoms with Gasteiger partial charge >= 0.3 is 5.97 Å². The highest BCUT2D eigenvalue weighted by atomic mass is 16.5. The van der Waals surface area contributed by atoms with E-state index in [0.717, 1.165) is 24.3 Å². The van der Waals surface area contributed by atoms with E-state index in [4.69, 9.17) is 9.84 Å². The Kier molecular flexibility index (Phi) is 4.71. The van der Waals surface area contributed by atoms with Gasteiger partial charge in [-0.05, 0) is 18.1 Å². The summed E-state index contributed by atoms with van der Waals surface area (Å²) in [6, 6.07) is 7.85. The number of nitrogens with zero attached hydrogens (tertiary/aromatic N) is 3. The van der Waals surface area contributed by atoms with Crippen LogP contribution in [0.4, 0.5) is 5.82 Å². The maximum absolute atomic E-state index is 10.7. The van der Waals surface area contributed by atoms with Crippen molar-refractivity contribution in [2.24, 2.45) is 0 Å². The molecule has 0 saturated carbocycles. The van der Waals surface area contributed by atoms with Gasteiger partial charge in [-0.25, -0.2) is 14.8 Å². The molecule has 0 unspecified atom stereocenters. The smallest absolute Gasteiger partial charge is 0.356 e. The summed E-state index contributed by atoms with van der Waals surface area (Å²) in [5.74, 6) is 0.416. The molecule has 0 aliphatic carbocycles. The third-order valence-corrected chi connectivity index (χ3v) is 3.16. The average molecular weight is 287 g/mol. The molecule has 2 aromatic rings. The molecule has 0 saturated heterocycles. The van der Waals surface area contributed by atoms with Crippen LogP contribution in [0.15, 0.2) is 36.7 Å². The molecule has 0 atom stereocenters. The molecule has 2 rings (SSSR count). The van der Waals surface area contributed by atoms with E-state index in [1.165, 1.54) is 12.4 Å². The quantitative estimate of drug-likeness (QED) is 0.874. The highest BCUT2D eigenvalue weighted by Gasteiger charge is 2.09. The second-order valence-electron chi connectivity index (χ2n) is 4.55. The third-order valence-electron chi connectivity index (χ3n) is 3.16. The predicted octanol–water partition coefficient (Wildman–Crippen LogP) is 1.86. The topological polar surface area (TPSA) is 75.5 Å². The van der Waals surface area contributed by atoms with Crippen LogP contribution in [0.25, 0.3) is 0 Å².